The number of carbonyl (C=O) groups is 1. The van der Waals surface area contributed by atoms with Crippen LogP contribution in [0.4, 0.5) is 0 Å². The molecule has 0 aromatic carbocycles. The lowest BCUT2D eigenvalue weighted by molar-refractivity contribution is -0.142. The number of carboxylic acids is 1. The summed E-state index contributed by atoms with van der Waals surface area (Å²) in [6.45, 7) is 1.62. The van der Waals surface area contributed by atoms with Gasteiger partial charge in [-0.05, 0) is 18.1 Å². The van der Waals surface area contributed by atoms with Gasteiger partial charge in [-0.25, -0.2) is 0 Å². The van der Waals surface area contributed by atoms with Crippen LogP contribution in [0.5, 0.6) is 0 Å². The molecule has 0 bridgehead atoms. The number of aromatic nitrogens is 1. The van der Waals surface area contributed by atoms with Gasteiger partial charge in [-0.2, -0.15) is 0 Å². The highest BCUT2D eigenvalue weighted by Crippen LogP contribution is 2.23. The second-order valence-electron chi connectivity index (χ2n) is 4.39. The van der Waals surface area contributed by atoms with Crippen LogP contribution in [-0.4, -0.2) is 39.6 Å². The van der Waals surface area contributed by atoms with E-state index in [0.29, 0.717) is 31.1 Å². The molecule has 1 unspecified atom stereocenters. The lowest BCUT2D eigenvalue weighted by Crippen LogP contribution is -2.50. The fraction of sp³-hybridized carbons (Fsp3) is 0.455. The molecule has 1 aliphatic rings. The number of carboxylic acid groups (broad SMARTS) is 1. The van der Waals surface area contributed by atoms with Crippen molar-refractivity contribution in [2.24, 2.45) is 5.73 Å². The zero-order valence-electron chi connectivity index (χ0n) is 9.27. The summed E-state index contributed by atoms with van der Waals surface area (Å²) in [5.74, 6) is -0.944. The SMILES string of the molecule is NC1(C(=O)O)CCN(Cc2ccncc2Cl)C1. The highest BCUT2D eigenvalue weighted by atomic mass is 35.5. The second kappa shape index (κ2) is 4.60. The normalized spacial score (nSPS) is 25.1. The van der Waals surface area contributed by atoms with Crippen molar-refractivity contribution in [2.75, 3.05) is 13.1 Å². The van der Waals surface area contributed by atoms with Crippen LogP contribution < -0.4 is 5.73 Å². The Morgan fingerprint density at radius 2 is 2.47 bits per heavy atom. The molecule has 0 radical (unpaired) electrons. The maximum absolute atomic E-state index is 11.0. The molecule has 92 valence electrons. The van der Waals surface area contributed by atoms with Gasteiger partial charge < -0.3 is 10.8 Å². The standard InChI is InChI=1S/C11H14ClN3O2/c12-9-5-14-3-1-8(9)6-15-4-2-11(13,7-15)10(16)17/h1,3,5H,2,4,6-7,13H2,(H,16,17). The summed E-state index contributed by atoms with van der Waals surface area (Å²) < 4.78 is 0. The van der Waals surface area contributed by atoms with Crippen molar-refractivity contribution >= 4 is 17.6 Å². The molecule has 0 amide bonds. The molecule has 2 rings (SSSR count). The lowest BCUT2D eigenvalue weighted by Gasteiger charge is -2.20. The van der Waals surface area contributed by atoms with Crippen LogP contribution in [0.15, 0.2) is 18.5 Å². The molecule has 1 fully saturated rings. The zero-order chi connectivity index (χ0) is 12.5. The smallest absolute Gasteiger partial charge is 0.325 e. The number of nitrogens with two attached hydrogens (primary N) is 1. The van der Waals surface area contributed by atoms with Crippen molar-refractivity contribution < 1.29 is 9.90 Å². The number of pyridine rings is 1. The summed E-state index contributed by atoms with van der Waals surface area (Å²) in [5.41, 5.74) is 5.61. The van der Waals surface area contributed by atoms with Gasteiger partial charge in [0.1, 0.15) is 5.54 Å². The van der Waals surface area contributed by atoms with Gasteiger partial charge >= 0.3 is 5.97 Å². The van der Waals surface area contributed by atoms with Crippen molar-refractivity contribution in [2.45, 2.75) is 18.5 Å². The van der Waals surface area contributed by atoms with Gasteiger partial charge in [0.05, 0.1) is 5.02 Å². The first kappa shape index (κ1) is 12.3. The molecule has 1 aromatic rings. The first-order valence-corrected chi connectivity index (χ1v) is 5.72. The summed E-state index contributed by atoms with van der Waals surface area (Å²) in [5, 5.41) is 9.62. The Labute approximate surface area is 104 Å². The number of hydrogen-bond donors (Lipinski definition) is 2. The Balaban J connectivity index is 2.04. The highest BCUT2D eigenvalue weighted by Gasteiger charge is 2.41. The van der Waals surface area contributed by atoms with E-state index in [0.717, 1.165) is 5.56 Å². The van der Waals surface area contributed by atoms with Crippen molar-refractivity contribution in [1.82, 2.24) is 9.88 Å². The number of aliphatic carboxylic acids is 1. The van der Waals surface area contributed by atoms with Gasteiger partial charge in [-0.1, -0.05) is 11.6 Å². The average Bonchev–Trinajstić information content (AvgIpc) is 2.65. The van der Waals surface area contributed by atoms with E-state index in [1.807, 2.05) is 11.0 Å². The minimum absolute atomic E-state index is 0.348. The summed E-state index contributed by atoms with van der Waals surface area (Å²) in [4.78, 5) is 16.9. The van der Waals surface area contributed by atoms with E-state index in [9.17, 15) is 4.79 Å². The van der Waals surface area contributed by atoms with Crippen LogP contribution >= 0.6 is 11.6 Å². The summed E-state index contributed by atoms with van der Waals surface area (Å²) in [7, 11) is 0. The topological polar surface area (TPSA) is 79.5 Å². The van der Waals surface area contributed by atoms with E-state index in [1.54, 1.807) is 12.4 Å². The second-order valence-corrected chi connectivity index (χ2v) is 4.80. The molecular weight excluding hydrogens is 242 g/mol. The fourth-order valence-electron chi connectivity index (χ4n) is 2.00. The minimum Gasteiger partial charge on any atom is -0.480 e. The van der Waals surface area contributed by atoms with Gasteiger partial charge in [0, 0.05) is 32.0 Å². The van der Waals surface area contributed by atoms with Gasteiger partial charge in [-0.15, -0.1) is 0 Å². The van der Waals surface area contributed by atoms with Gasteiger partial charge in [0.2, 0.25) is 0 Å². The predicted molar refractivity (Wildman–Crippen MR) is 63.7 cm³/mol. The summed E-state index contributed by atoms with van der Waals surface area (Å²) in [6, 6.07) is 1.83. The number of nitrogens with zero attached hydrogens (tertiary/aromatic N) is 2. The molecular formula is C11H14ClN3O2. The lowest BCUT2D eigenvalue weighted by atomic mass is 10.0. The predicted octanol–water partition coefficient (Wildman–Crippen LogP) is 0.723. The van der Waals surface area contributed by atoms with Gasteiger partial charge in [0.15, 0.2) is 0 Å². The quantitative estimate of drug-likeness (QED) is 0.832. The minimum atomic E-state index is -1.13. The maximum atomic E-state index is 11.0. The molecule has 0 spiro atoms. The molecule has 1 aromatic heterocycles. The molecule has 1 aliphatic heterocycles. The first-order valence-electron chi connectivity index (χ1n) is 5.34. The van der Waals surface area contributed by atoms with Crippen LogP contribution in [-0.2, 0) is 11.3 Å². The Kier molecular flexibility index (Phi) is 3.33. The molecule has 3 N–H and O–H groups in total. The highest BCUT2D eigenvalue weighted by molar-refractivity contribution is 6.31. The molecule has 0 aliphatic carbocycles. The Morgan fingerprint density at radius 3 is 3.06 bits per heavy atom. The largest absolute Gasteiger partial charge is 0.480 e. The van der Waals surface area contributed by atoms with E-state index >= 15 is 0 Å². The monoisotopic (exact) mass is 255 g/mol. The van der Waals surface area contributed by atoms with E-state index < -0.39 is 11.5 Å². The third-order valence-electron chi connectivity index (χ3n) is 3.06. The molecule has 1 saturated heterocycles. The summed E-state index contributed by atoms with van der Waals surface area (Å²) in [6.07, 6.45) is 3.72. The van der Waals surface area contributed by atoms with Crippen molar-refractivity contribution in [3.05, 3.63) is 29.0 Å². The number of rotatable bonds is 3. The molecule has 17 heavy (non-hydrogen) atoms. The first-order chi connectivity index (χ1) is 8.01. The molecule has 2 heterocycles. The Hall–Kier alpha value is -1.17. The van der Waals surface area contributed by atoms with Crippen molar-refractivity contribution in [1.29, 1.82) is 0 Å². The average molecular weight is 256 g/mol. The van der Waals surface area contributed by atoms with Crippen LogP contribution in [0.1, 0.15) is 12.0 Å². The van der Waals surface area contributed by atoms with E-state index in [1.165, 1.54) is 0 Å². The third-order valence-corrected chi connectivity index (χ3v) is 3.40. The number of halogens is 1. The molecule has 5 nitrogen and oxygen atoms in total. The fourth-order valence-corrected chi connectivity index (χ4v) is 2.18. The van der Waals surface area contributed by atoms with Gasteiger partial charge in [-0.3, -0.25) is 14.7 Å². The van der Waals surface area contributed by atoms with E-state index in [-0.39, 0.29) is 0 Å². The molecule has 1 atom stereocenters. The van der Waals surface area contributed by atoms with E-state index in [2.05, 4.69) is 4.98 Å². The maximum Gasteiger partial charge on any atom is 0.325 e. The molecule has 0 saturated carbocycles. The van der Waals surface area contributed by atoms with Crippen LogP contribution in [0.2, 0.25) is 5.02 Å². The third kappa shape index (κ3) is 2.57. The molecule has 6 heteroatoms. The van der Waals surface area contributed by atoms with Gasteiger partial charge in [0.25, 0.3) is 0 Å². The van der Waals surface area contributed by atoms with Crippen molar-refractivity contribution in [3.8, 4) is 0 Å². The zero-order valence-corrected chi connectivity index (χ0v) is 10.0. The van der Waals surface area contributed by atoms with E-state index in [4.69, 9.17) is 22.4 Å². The van der Waals surface area contributed by atoms with Crippen LogP contribution in [0, 0.1) is 0 Å². The number of hydrogen-bond acceptors (Lipinski definition) is 4. The number of likely N-dealkylation sites (tertiary alicyclic amines) is 1. The Morgan fingerprint density at radius 1 is 1.71 bits per heavy atom. The van der Waals surface area contributed by atoms with Crippen molar-refractivity contribution in [3.63, 3.8) is 0 Å². The summed E-state index contributed by atoms with van der Waals surface area (Å²) >= 11 is 6.00. The van der Waals surface area contributed by atoms with Crippen LogP contribution in [0.25, 0.3) is 0 Å². The Bertz CT molecular complexity index is 440. The van der Waals surface area contributed by atoms with Crippen LogP contribution in [0.3, 0.4) is 0 Å².